The fourth-order valence-electron chi connectivity index (χ4n) is 0.856. The lowest BCUT2D eigenvalue weighted by molar-refractivity contribution is 0.463. The van der Waals surface area contributed by atoms with Crippen molar-refractivity contribution in [2.45, 2.75) is 33.1 Å². The van der Waals surface area contributed by atoms with E-state index in [4.69, 9.17) is 0 Å². The minimum absolute atomic E-state index is 0.00537. The summed E-state index contributed by atoms with van der Waals surface area (Å²) in [5.74, 6) is -0.0387. The Hall–Kier alpha value is -0.660. The van der Waals surface area contributed by atoms with Crippen molar-refractivity contribution in [3.05, 3.63) is 0 Å². The van der Waals surface area contributed by atoms with Crippen LogP contribution in [0.25, 0.3) is 0 Å². The lowest BCUT2D eigenvalue weighted by Gasteiger charge is -2.06. The number of rotatable bonds is 6. The first-order valence-corrected chi connectivity index (χ1v) is 3.99. The Labute approximate surface area is 68.0 Å². The molecule has 0 aromatic heterocycles. The Morgan fingerprint density at radius 1 is 1.18 bits per heavy atom. The van der Waals surface area contributed by atoms with Crippen molar-refractivity contribution in [3.63, 3.8) is 0 Å². The molecule has 0 heterocycles. The normalized spacial score (nSPS) is 15.5. The number of hydrogen-bond acceptors (Lipinski definition) is 2. The predicted octanol–water partition coefficient (Wildman–Crippen LogP) is 1.65. The van der Waals surface area contributed by atoms with Crippen molar-refractivity contribution in [3.8, 4) is 0 Å². The zero-order valence-electron chi connectivity index (χ0n) is 7.09. The van der Waals surface area contributed by atoms with Crippen LogP contribution in [0.1, 0.15) is 33.1 Å². The molecule has 0 aliphatic carbocycles. The molecule has 0 saturated heterocycles. The Morgan fingerprint density at radius 3 is 2.18 bits per heavy atom. The average Bonchev–Trinajstić information content (AvgIpc) is 2.06. The average molecular weight is 154 g/mol. The van der Waals surface area contributed by atoms with Crippen LogP contribution in [0.4, 0.5) is 0 Å². The maximum absolute atomic E-state index is 10.2. The molecule has 0 fully saturated rings. The zero-order valence-corrected chi connectivity index (χ0v) is 7.09. The lowest BCUT2D eigenvalue weighted by atomic mass is 9.97. The molecule has 0 rings (SSSR count). The monoisotopic (exact) mass is 154 g/mol. The van der Waals surface area contributed by atoms with Gasteiger partial charge in [0.25, 0.3) is 0 Å². The van der Waals surface area contributed by atoms with Gasteiger partial charge in [0.05, 0.1) is 0 Å². The smallest absolute Gasteiger partial charge is 0.201 e. The third-order valence-corrected chi connectivity index (χ3v) is 1.81. The highest BCUT2D eigenvalue weighted by Crippen LogP contribution is 2.11. The summed E-state index contributed by atoms with van der Waals surface area (Å²) >= 11 is 0. The summed E-state index contributed by atoms with van der Waals surface area (Å²) in [4.78, 5) is 20.3. The van der Waals surface area contributed by atoms with Crippen molar-refractivity contribution in [2.24, 2.45) is 11.8 Å². The van der Waals surface area contributed by atoms with Gasteiger partial charge in [-0.05, 0) is 19.3 Å². The fourth-order valence-corrected chi connectivity index (χ4v) is 0.856. The summed E-state index contributed by atoms with van der Waals surface area (Å²) in [6.45, 7) is 3.76. The van der Waals surface area contributed by atoms with Crippen molar-refractivity contribution >= 4 is 12.6 Å². The van der Waals surface area contributed by atoms with Crippen molar-refractivity contribution in [1.29, 1.82) is 0 Å². The Bertz CT molecular complexity index is 121. The van der Waals surface area contributed by atoms with Gasteiger partial charge in [-0.15, -0.1) is 0 Å². The Morgan fingerprint density at radius 2 is 1.82 bits per heavy atom. The number of hydrogen-bond donors (Lipinski definition) is 0. The van der Waals surface area contributed by atoms with E-state index < -0.39 is 0 Å². The molecule has 2 nitrogen and oxygen atoms in total. The van der Waals surface area contributed by atoms with Crippen LogP contribution in [0.5, 0.6) is 0 Å². The van der Waals surface area contributed by atoms with Gasteiger partial charge in [-0.3, -0.25) is 9.59 Å². The van der Waals surface area contributed by atoms with Crippen LogP contribution >= 0.6 is 0 Å². The van der Waals surface area contributed by atoms with Gasteiger partial charge in [-0.1, -0.05) is 13.8 Å². The molecule has 0 aromatic rings. The summed E-state index contributed by atoms with van der Waals surface area (Å²) in [7, 11) is 0. The first-order chi connectivity index (χ1) is 5.24. The second-order valence-electron chi connectivity index (χ2n) is 2.82. The van der Waals surface area contributed by atoms with Crippen molar-refractivity contribution in [1.82, 2.24) is 0 Å². The highest BCUT2D eigenvalue weighted by molar-refractivity contribution is 5.55. The molecule has 0 amide bonds. The van der Waals surface area contributed by atoms with Gasteiger partial charge in [0.1, 0.15) is 0 Å². The van der Waals surface area contributed by atoms with Crippen molar-refractivity contribution in [2.75, 3.05) is 0 Å². The highest BCUT2D eigenvalue weighted by Gasteiger charge is 2.08. The maximum Gasteiger partial charge on any atom is 0.201 e. The van der Waals surface area contributed by atoms with Crippen LogP contribution in [-0.2, 0) is 9.59 Å². The van der Waals surface area contributed by atoms with E-state index in [9.17, 15) is 9.59 Å². The van der Waals surface area contributed by atoms with Gasteiger partial charge in [0, 0.05) is 11.8 Å². The molecular weight excluding hydrogens is 140 g/mol. The summed E-state index contributed by atoms with van der Waals surface area (Å²) in [6, 6.07) is 0. The van der Waals surface area contributed by atoms with Crippen LogP contribution < -0.4 is 0 Å². The fraction of sp³-hybridized carbons (Fsp3) is 0.778. The molecule has 0 aliphatic rings. The molecule has 0 saturated carbocycles. The van der Waals surface area contributed by atoms with Crippen LogP contribution in [0.15, 0.2) is 0 Å². The zero-order chi connectivity index (χ0) is 8.69. The van der Waals surface area contributed by atoms with E-state index in [1.807, 2.05) is 26.4 Å². The lowest BCUT2D eigenvalue weighted by Crippen LogP contribution is -2.04. The molecule has 2 radical (unpaired) electrons. The summed E-state index contributed by atoms with van der Waals surface area (Å²) in [5, 5.41) is 0. The Balaban J connectivity index is 3.49. The van der Waals surface area contributed by atoms with Crippen LogP contribution in [0.2, 0.25) is 0 Å². The molecule has 0 spiro atoms. The van der Waals surface area contributed by atoms with Gasteiger partial charge in [-0.25, -0.2) is 0 Å². The van der Waals surface area contributed by atoms with E-state index in [0.29, 0.717) is 0 Å². The molecule has 0 bridgehead atoms. The quantitative estimate of drug-likeness (QED) is 0.583. The second kappa shape index (κ2) is 6.08. The van der Waals surface area contributed by atoms with E-state index in [2.05, 4.69) is 0 Å². The first kappa shape index (κ1) is 10.3. The van der Waals surface area contributed by atoms with Gasteiger partial charge in [-0.2, -0.15) is 0 Å². The van der Waals surface area contributed by atoms with E-state index in [-0.39, 0.29) is 11.8 Å². The van der Waals surface area contributed by atoms with Crippen LogP contribution in [-0.4, -0.2) is 12.6 Å². The maximum atomic E-state index is 10.2. The standard InChI is InChI=1S/C9H14O2/c1-3-9(7-11)5-4-8(2)6-10/h8-9H,3-5H2,1-2H3. The van der Waals surface area contributed by atoms with Gasteiger partial charge >= 0.3 is 0 Å². The minimum Gasteiger partial charge on any atom is -0.291 e. The van der Waals surface area contributed by atoms with E-state index >= 15 is 0 Å². The molecular formula is C9H14O2. The Kier molecular flexibility index (Phi) is 5.71. The molecule has 62 valence electrons. The molecule has 0 aromatic carbocycles. The van der Waals surface area contributed by atoms with Gasteiger partial charge < -0.3 is 0 Å². The van der Waals surface area contributed by atoms with E-state index in [1.54, 1.807) is 0 Å². The SMILES string of the molecule is CCC([C]=O)CCC(C)[C]=O. The van der Waals surface area contributed by atoms with E-state index in [1.165, 1.54) is 0 Å². The molecule has 2 unspecified atom stereocenters. The molecule has 0 N–H and O–H groups in total. The van der Waals surface area contributed by atoms with Crippen LogP contribution in [0.3, 0.4) is 0 Å². The topological polar surface area (TPSA) is 34.1 Å². The number of carbonyl (C=O) groups excluding carboxylic acids is 2. The van der Waals surface area contributed by atoms with Crippen LogP contribution in [0, 0.1) is 11.8 Å². The van der Waals surface area contributed by atoms with Gasteiger partial charge in [0.15, 0.2) is 0 Å². The first-order valence-electron chi connectivity index (χ1n) is 3.99. The summed E-state index contributed by atoms with van der Waals surface area (Å²) in [6.07, 6.45) is 6.16. The molecule has 11 heavy (non-hydrogen) atoms. The highest BCUT2D eigenvalue weighted by atomic mass is 16.1. The molecule has 0 aliphatic heterocycles. The third kappa shape index (κ3) is 4.71. The van der Waals surface area contributed by atoms with E-state index in [0.717, 1.165) is 19.3 Å². The largest absolute Gasteiger partial charge is 0.291 e. The minimum atomic E-state index is -0.0441. The third-order valence-electron chi connectivity index (χ3n) is 1.81. The van der Waals surface area contributed by atoms with Crippen molar-refractivity contribution < 1.29 is 9.59 Å². The molecule has 2 atom stereocenters. The van der Waals surface area contributed by atoms with Gasteiger partial charge in [0.2, 0.25) is 12.6 Å². The second-order valence-corrected chi connectivity index (χ2v) is 2.82. The summed E-state index contributed by atoms with van der Waals surface area (Å²) in [5.41, 5.74) is 0. The molecule has 2 heteroatoms. The predicted molar refractivity (Wildman–Crippen MR) is 43.6 cm³/mol. The summed E-state index contributed by atoms with van der Waals surface area (Å²) < 4.78 is 0.